The average Bonchev–Trinajstić information content (AvgIpc) is 3.24. The van der Waals surface area contributed by atoms with E-state index in [1.165, 1.54) is 15.6 Å². The number of anilines is 1. The van der Waals surface area contributed by atoms with Crippen LogP contribution in [0.2, 0.25) is 0 Å². The Morgan fingerprint density at radius 3 is 2.64 bits per heavy atom. The van der Waals surface area contributed by atoms with Crippen LogP contribution in [0, 0.1) is 5.92 Å². The molecular formula is C19H22N2O5S2. The molecular weight excluding hydrogens is 400 g/mol. The number of piperidine rings is 1. The van der Waals surface area contributed by atoms with Gasteiger partial charge in [0, 0.05) is 18.8 Å². The van der Waals surface area contributed by atoms with Crippen LogP contribution in [0.5, 0.6) is 0 Å². The number of rotatable bonds is 6. The van der Waals surface area contributed by atoms with E-state index >= 15 is 0 Å². The highest BCUT2D eigenvalue weighted by Crippen LogP contribution is 2.27. The Balaban J connectivity index is 1.64. The molecule has 1 fully saturated rings. The summed E-state index contributed by atoms with van der Waals surface area (Å²) in [7, 11) is -3.56. The molecule has 0 unspecified atom stereocenters. The Labute approximate surface area is 168 Å². The molecule has 3 rings (SSSR count). The molecule has 1 N–H and O–H groups in total. The monoisotopic (exact) mass is 422 g/mol. The number of thiophene rings is 1. The van der Waals surface area contributed by atoms with Crippen molar-refractivity contribution in [1.82, 2.24) is 4.31 Å². The van der Waals surface area contributed by atoms with Gasteiger partial charge >= 0.3 is 5.97 Å². The first-order valence-corrected chi connectivity index (χ1v) is 11.4. The highest BCUT2D eigenvalue weighted by molar-refractivity contribution is 7.91. The Kier molecular flexibility index (Phi) is 6.48. The van der Waals surface area contributed by atoms with Crippen LogP contribution in [0.1, 0.15) is 30.1 Å². The van der Waals surface area contributed by atoms with Crippen LogP contribution in [-0.2, 0) is 19.6 Å². The van der Waals surface area contributed by atoms with Crippen molar-refractivity contribution >= 4 is 38.9 Å². The Morgan fingerprint density at radius 2 is 2.00 bits per heavy atom. The fourth-order valence-electron chi connectivity index (χ4n) is 3.06. The fraction of sp³-hybridized carbons (Fsp3) is 0.368. The van der Waals surface area contributed by atoms with Crippen LogP contribution in [0.15, 0.2) is 46.0 Å². The van der Waals surface area contributed by atoms with Gasteiger partial charge in [-0.1, -0.05) is 6.07 Å². The predicted molar refractivity (Wildman–Crippen MR) is 107 cm³/mol. The lowest BCUT2D eigenvalue weighted by molar-refractivity contribution is -0.120. The molecule has 0 saturated carbocycles. The van der Waals surface area contributed by atoms with E-state index in [-0.39, 0.29) is 12.5 Å². The van der Waals surface area contributed by atoms with Gasteiger partial charge in [-0.2, -0.15) is 4.31 Å². The standard InChI is InChI=1S/C19H22N2O5S2/c1-2-26-19(23)14-7-9-16(10-8-14)20-18(22)15-5-3-11-21(13-15)28(24,25)17-6-4-12-27-17/h4,6-10,12,15H,2-3,5,11,13H2,1H3,(H,20,22)/t15-/m0/s1. The molecule has 1 aliphatic rings. The van der Waals surface area contributed by atoms with Crippen molar-refractivity contribution in [2.45, 2.75) is 24.0 Å². The molecule has 0 bridgehead atoms. The smallest absolute Gasteiger partial charge is 0.338 e. The van der Waals surface area contributed by atoms with Gasteiger partial charge in [-0.15, -0.1) is 11.3 Å². The van der Waals surface area contributed by atoms with Crippen LogP contribution in [-0.4, -0.2) is 44.3 Å². The largest absolute Gasteiger partial charge is 0.462 e. The highest BCUT2D eigenvalue weighted by Gasteiger charge is 2.33. The maximum absolute atomic E-state index is 12.7. The number of carbonyl (C=O) groups excluding carboxylic acids is 2. The molecule has 7 nitrogen and oxygen atoms in total. The van der Waals surface area contributed by atoms with Crippen LogP contribution in [0.25, 0.3) is 0 Å². The van der Waals surface area contributed by atoms with Gasteiger partial charge in [0.05, 0.1) is 18.1 Å². The normalized spacial score (nSPS) is 17.8. The maximum atomic E-state index is 12.7. The number of esters is 1. The van der Waals surface area contributed by atoms with Gasteiger partial charge in [-0.3, -0.25) is 4.79 Å². The molecule has 1 saturated heterocycles. The maximum Gasteiger partial charge on any atom is 0.338 e. The van der Waals surface area contributed by atoms with E-state index in [9.17, 15) is 18.0 Å². The van der Waals surface area contributed by atoms with E-state index in [1.807, 2.05) is 0 Å². The topological polar surface area (TPSA) is 92.8 Å². The van der Waals surface area contributed by atoms with Crippen molar-refractivity contribution in [3.63, 3.8) is 0 Å². The average molecular weight is 423 g/mol. The van der Waals surface area contributed by atoms with Gasteiger partial charge in [-0.25, -0.2) is 13.2 Å². The SMILES string of the molecule is CCOC(=O)c1ccc(NC(=O)[C@H]2CCCN(S(=O)(=O)c3cccs3)C2)cc1. The molecule has 1 atom stereocenters. The molecule has 9 heteroatoms. The lowest BCUT2D eigenvalue weighted by atomic mass is 9.98. The minimum absolute atomic E-state index is 0.160. The van der Waals surface area contributed by atoms with Crippen molar-refractivity contribution in [2.24, 2.45) is 5.92 Å². The molecule has 2 heterocycles. The van der Waals surface area contributed by atoms with Crippen molar-refractivity contribution < 1.29 is 22.7 Å². The van der Waals surface area contributed by atoms with Crippen molar-refractivity contribution in [2.75, 3.05) is 25.0 Å². The lowest BCUT2D eigenvalue weighted by Crippen LogP contribution is -2.43. The fourth-order valence-corrected chi connectivity index (χ4v) is 5.73. The van der Waals surface area contributed by atoms with E-state index in [2.05, 4.69) is 5.32 Å². The first-order chi connectivity index (χ1) is 13.4. The van der Waals surface area contributed by atoms with Gasteiger partial charge in [-0.05, 0) is 55.5 Å². The van der Waals surface area contributed by atoms with E-state index in [0.29, 0.717) is 41.5 Å². The van der Waals surface area contributed by atoms with Crippen LogP contribution < -0.4 is 5.32 Å². The number of carbonyl (C=O) groups is 2. The summed E-state index contributed by atoms with van der Waals surface area (Å²) >= 11 is 1.17. The van der Waals surface area contributed by atoms with Gasteiger partial charge in [0.1, 0.15) is 4.21 Å². The minimum atomic E-state index is -3.56. The molecule has 1 aliphatic heterocycles. The second-order valence-corrected chi connectivity index (χ2v) is 9.53. The molecule has 0 radical (unpaired) electrons. The zero-order valence-corrected chi connectivity index (χ0v) is 17.1. The van der Waals surface area contributed by atoms with E-state index in [4.69, 9.17) is 4.74 Å². The van der Waals surface area contributed by atoms with Gasteiger partial charge < -0.3 is 10.1 Å². The number of hydrogen-bond donors (Lipinski definition) is 1. The number of sulfonamides is 1. The summed E-state index contributed by atoms with van der Waals surface area (Å²) < 4.78 is 32.0. The molecule has 2 aromatic rings. The number of hydrogen-bond acceptors (Lipinski definition) is 6. The zero-order chi connectivity index (χ0) is 20.1. The quantitative estimate of drug-likeness (QED) is 0.723. The van der Waals surface area contributed by atoms with Crippen LogP contribution in [0.3, 0.4) is 0 Å². The summed E-state index contributed by atoms with van der Waals surface area (Å²) in [5, 5.41) is 4.53. The molecule has 1 aromatic heterocycles. The van der Waals surface area contributed by atoms with Crippen molar-refractivity contribution in [3.8, 4) is 0 Å². The van der Waals surface area contributed by atoms with Crippen molar-refractivity contribution in [3.05, 3.63) is 47.3 Å². The Hall–Kier alpha value is -2.23. The number of nitrogens with one attached hydrogen (secondary N) is 1. The number of benzene rings is 1. The Morgan fingerprint density at radius 1 is 1.25 bits per heavy atom. The van der Waals surface area contributed by atoms with Gasteiger partial charge in [0.25, 0.3) is 10.0 Å². The molecule has 0 aliphatic carbocycles. The third-order valence-electron chi connectivity index (χ3n) is 4.51. The summed E-state index contributed by atoms with van der Waals surface area (Å²) in [6, 6.07) is 9.71. The van der Waals surface area contributed by atoms with Crippen LogP contribution in [0.4, 0.5) is 5.69 Å². The number of amides is 1. The minimum Gasteiger partial charge on any atom is -0.462 e. The highest BCUT2D eigenvalue weighted by atomic mass is 32.2. The lowest BCUT2D eigenvalue weighted by Gasteiger charge is -2.30. The molecule has 28 heavy (non-hydrogen) atoms. The van der Waals surface area contributed by atoms with E-state index in [0.717, 1.165) is 0 Å². The first-order valence-electron chi connectivity index (χ1n) is 9.03. The molecule has 1 aromatic carbocycles. The van der Waals surface area contributed by atoms with Crippen molar-refractivity contribution in [1.29, 1.82) is 0 Å². The summed E-state index contributed by atoms with van der Waals surface area (Å²) in [5.41, 5.74) is 0.960. The summed E-state index contributed by atoms with van der Waals surface area (Å²) in [5.74, 6) is -1.06. The predicted octanol–water partition coefficient (Wildman–Crippen LogP) is 2.96. The van der Waals surface area contributed by atoms with E-state index in [1.54, 1.807) is 48.7 Å². The summed E-state index contributed by atoms with van der Waals surface area (Å²) in [4.78, 5) is 24.3. The van der Waals surface area contributed by atoms with E-state index < -0.39 is 21.9 Å². The second kappa shape index (κ2) is 8.85. The third kappa shape index (κ3) is 4.60. The van der Waals surface area contributed by atoms with Gasteiger partial charge in [0.15, 0.2) is 0 Å². The Bertz CT molecular complexity index is 924. The summed E-state index contributed by atoms with van der Waals surface area (Å²) in [6.07, 6.45) is 1.26. The zero-order valence-electron chi connectivity index (χ0n) is 15.5. The summed E-state index contributed by atoms with van der Waals surface area (Å²) in [6.45, 7) is 2.60. The molecule has 1 amide bonds. The first kappa shape index (κ1) is 20.5. The third-order valence-corrected chi connectivity index (χ3v) is 7.75. The molecule has 150 valence electrons. The van der Waals surface area contributed by atoms with Gasteiger partial charge in [0.2, 0.25) is 5.91 Å². The van der Waals surface area contributed by atoms with Crippen LogP contribution >= 0.6 is 11.3 Å². The molecule has 0 spiro atoms. The second-order valence-electron chi connectivity index (χ2n) is 6.42. The number of ether oxygens (including phenoxy) is 1. The number of nitrogens with zero attached hydrogens (tertiary/aromatic N) is 1.